The maximum atomic E-state index is 13.3. The van der Waals surface area contributed by atoms with Gasteiger partial charge in [-0.15, -0.1) is 0 Å². The van der Waals surface area contributed by atoms with Crippen LogP contribution in [0.1, 0.15) is 69.2 Å². The van der Waals surface area contributed by atoms with Crippen molar-refractivity contribution in [1.82, 2.24) is 10.2 Å². The SMILES string of the molecule is CCC[C@@H](NC(=O)N1C(=O)C(CC)(CC)[C@@H]1Oc1ccc(CCO)cc1)c1ccc(C)cc1. The number of urea groups is 1. The number of ether oxygens (including phenoxy) is 1. The molecule has 0 aliphatic carbocycles. The Morgan fingerprint density at radius 2 is 1.73 bits per heavy atom. The molecular formula is C27H36N2O4. The summed E-state index contributed by atoms with van der Waals surface area (Å²) in [7, 11) is 0. The highest BCUT2D eigenvalue weighted by molar-refractivity contribution is 6.03. The van der Waals surface area contributed by atoms with E-state index in [1.165, 1.54) is 4.90 Å². The number of carbonyl (C=O) groups is 2. The van der Waals surface area contributed by atoms with Crippen molar-refractivity contribution in [3.05, 3.63) is 65.2 Å². The molecule has 2 aromatic carbocycles. The van der Waals surface area contributed by atoms with E-state index in [9.17, 15) is 9.59 Å². The van der Waals surface area contributed by atoms with Gasteiger partial charge in [-0.1, -0.05) is 69.2 Å². The predicted octanol–water partition coefficient (Wildman–Crippen LogP) is 5.13. The zero-order chi connectivity index (χ0) is 24.0. The predicted molar refractivity (Wildman–Crippen MR) is 129 cm³/mol. The van der Waals surface area contributed by atoms with Crippen LogP contribution < -0.4 is 10.1 Å². The zero-order valence-corrected chi connectivity index (χ0v) is 20.1. The number of benzene rings is 2. The Balaban J connectivity index is 1.81. The Morgan fingerprint density at radius 1 is 1.09 bits per heavy atom. The van der Waals surface area contributed by atoms with Crippen molar-refractivity contribution in [2.45, 2.75) is 72.1 Å². The molecule has 0 spiro atoms. The number of hydrogen-bond acceptors (Lipinski definition) is 4. The summed E-state index contributed by atoms with van der Waals surface area (Å²) >= 11 is 0. The number of aliphatic hydroxyl groups excluding tert-OH is 1. The molecule has 6 nitrogen and oxygen atoms in total. The number of likely N-dealkylation sites (tertiary alicyclic amines) is 1. The van der Waals surface area contributed by atoms with E-state index in [2.05, 4.69) is 12.2 Å². The largest absolute Gasteiger partial charge is 0.469 e. The number of aryl methyl sites for hydroxylation is 1. The second-order valence-electron chi connectivity index (χ2n) is 8.83. The Morgan fingerprint density at radius 3 is 2.27 bits per heavy atom. The van der Waals surface area contributed by atoms with Gasteiger partial charge in [0.15, 0.2) is 6.23 Å². The third kappa shape index (κ3) is 5.06. The van der Waals surface area contributed by atoms with Crippen LogP contribution in [-0.2, 0) is 11.2 Å². The molecule has 1 saturated heterocycles. The van der Waals surface area contributed by atoms with E-state index in [0.717, 1.165) is 29.5 Å². The van der Waals surface area contributed by atoms with E-state index in [-0.39, 0.29) is 18.6 Å². The van der Waals surface area contributed by atoms with Crippen LogP contribution in [0.2, 0.25) is 0 Å². The fourth-order valence-electron chi connectivity index (χ4n) is 4.52. The Bertz CT molecular complexity index is 936. The average Bonchev–Trinajstić information content (AvgIpc) is 2.81. The molecule has 0 unspecified atom stereocenters. The lowest BCUT2D eigenvalue weighted by Crippen LogP contribution is -2.73. The van der Waals surface area contributed by atoms with Crippen molar-refractivity contribution in [3.63, 3.8) is 0 Å². The lowest BCUT2D eigenvalue weighted by molar-refractivity contribution is -0.191. The van der Waals surface area contributed by atoms with Gasteiger partial charge in [0.2, 0.25) is 5.91 Å². The van der Waals surface area contributed by atoms with E-state index in [1.807, 2.05) is 69.3 Å². The molecule has 0 radical (unpaired) electrons. The van der Waals surface area contributed by atoms with Crippen molar-refractivity contribution >= 4 is 11.9 Å². The van der Waals surface area contributed by atoms with Crippen LogP contribution >= 0.6 is 0 Å². The van der Waals surface area contributed by atoms with Gasteiger partial charge in [0.05, 0.1) is 6.04 Å². The molecule has 0 aromatic heterocycles. The molecule has 178 valence electrons. The van der Waals surface area contributed by atoms with Gasteiger partial charge in [-0.3, -0.25) is 4.79 Å². The number of nitrogens with zero attached hydrogens (tertiary/aromatic N) is 1. The van der Waals surface area contributed by atoms with Crippen molar-refractivity contribution in [2.75, 3.05) is 6.61 Å². The molecule has 2 aromatic rings. The van der Waals surface area contributed by atoms with Crippen molar-refractivity contribution < 1.29 is 19.4 Å². The maximum Gasteiger partial charge on any atom is 0.327 e. The van der Waals surface area contributed by atoms with Crippen LogP contribution in [0, 0.1) is 12.3 Å². The first-order chi connectivity index (χ1) is 15.9. The van der Waals surface area contributed by atoms with E-state index in [1.54, 1.807) is 0 Å². The number of carbonyl (C=O) groups excluding carboxylic acids is 2. The number of imide groups is 1. The summed E-state index contributed by atoms with van der Waals surface area (Å²) in [5.74, 6) is 0.410. The highest BCUT2D eigenvalue weighted by atomic mass is 16.5. The molecule has 6 heteroatoms. The van der Waals surface area contributed by atoms with Crippen LogP contribution in [0.3, 0.4) is 0 Å². The molecular weight excluding hydrogens is 416 g/mol. The van der Waals surface area contributed by atoms with E-state index in [0.29, 0.717) is 25.0 Å². The first-order valence-corrected chi connectivity index (χ1v) is 12.0. The highest BCUT2D eigenvalue weighted by Crippen LogP contribution is 2.46. The molecule has 33 heavy (non-hydrogen) atoms. The van der Waals surface area contributed by atoms with Crippen LogP contribution in [0.15, 0.2) is 48.5 Å². The molecule has 2 atom stereocenters. The fourth-order valence-corrected chi connectivity index (χ4v) is 4.52. The Hall–Kier alpha value is -2.86. The second-order valence-corrected chi connectivity index (χ2v) is 8.83. The van der Waals surface area contributed by atoms with Gasteiger partial charge in [-0.25, -0.2) is 9.69 Å². The number of amides is 3. The van der Waals surface area contributed by atoms with E-state index in [4.69, 9.17) is 9.84 Å². The van der Waals surface area contributed by atoms with Gasteiger partial charge < -0.3 is 15.2 Å². The van der Waals surface area contributed by atoms with Crippen molar-refractivity contribution in [1.29, 1.82) is 0 Å². The lowest BCUT2D eigenvalue weighted by Gasteiger charge is -2.53. The molecule has 0 saturated carbocycles. The summed E-state index contributed by atoms with van der Waals surface area (Å²) in [6.45, 7) is 8.12. The minimum atomic E-state index is -0.717. The molecule has 1 aliphatic heterocycles. The summed E-state index contributed by atoms with van der Waals surface area (Å²) in [5.41, 5.74) is 2.47. The molecule has 1 heterocycles. The molecule has 1 aliphatic rings. The smallest absolute Gasteiger partial charge is 0.327 e. The third-order valence-corrected chi connectivity index (χ3v) is 6.76. The van der Waals surface area contributed by atoms with Gasteiger partial charge in [0.25, 0.3) is 0 Å². The third-order valence-electron chi connectivity index (χ3n) is 6.76. The standard InChI is InChI=1S/C27H36N2O4/c1-5-8-23(21-13-9-19(4)10-14-21)28-26(32)29-24(31)27(6-2,7-3)25(29)33-22-15-11-20(12-16-22)17-18-30/h9-16,23,25,30H,5-8,17-18H2,1-4H3,(H,28,32)/t23-,25+/m1/s1. The van der Waals surface area contributed by atoms with Crippen LogP contribution in [-0.4, -0.2) is 34.8 Å². The van der Waals surface area contributed by atoms with Gasteiger partial charge in [0.1, 0.15) is 11.2 Å². The summed E-state index contributed by atoms with van der Waals surface area (Å²) in [5, 5.41) is 12.2. The minimum absolute atomic E-state index is 0.0833. The van der Waals surface area contributed by atoms with E-state index >= 15 is 0 Å². The normalized spacial score (nSPS) is 17.9. The Kier molecular flexibility index (Phi) is 8.14. The van der Waals surface area contributed by atoms with Crippen molar-refractivity contribution in [3.8, 4) is 5.75 Å². The number of rotatable bonds is 10. The van der Waals surface area contributed by atoms with E-state index < -0.39 is 17.7 Å². The van der Waals surface area contributed by atoms with Gasteiger partial charge in [-0.2, -0.15) is 0 Å². The van der Waals surface area contributed by atoms with Crippen LogP contribution in [0.25, 0.3) is 0 Å². The van der Waals surface area contributed by atoms with Crippen LogP contribution in [0.5, 0.6) is 5.75 Å². The Labute approximate surface area is 196 Å². The van der Waals surface area contributed by atoms with Gasteiger partial charge >= 0.3 is 6.03 Å². The molecule has 0 bridgehead atoms. The first-order valence-electron chi connectivity index (χ1n) is 12.0. The average molecular weight is 453 g/mol. The highest BCUT2D eigenvalue weighted by Gasteiger charge is 2.63. The molecule has 1 fully saturated rings. The quantitative estimate of drug-likeness (QED) is 0.490. The van der Waals surface area contributed by atoms with Gasteiger partial charge in [-0.05, 0) is 55.9 Å². The maximum absolute atomic E-state index is 13.3. The lowest BCUT2D eigenvalue weighted by atomic mass is 9.72. The zero-order valence-electron chi connectivity index (χ0n) is 20.1. The monoisotopic (exact) mass is 452 g/mol. The summed E-state index contributed by atoms with van der Waals surface area (Å²) in [6.07, 6.45) is 2.78. The summed E-state index contributed by atoms with van der Waals surface area (Å²) in [4.78, 5) is 27.8. The minimum Gasteiger partial charge on any atom is -0.469 e. The molecule has 2 N–H and O–H groups in total. The number of nitrogens with one attached hydrogen (secondary N) is 1. The van der Waals surface area contributed by atoms with Gasteiger partial charge in [0, 0.05) is 6.61 Å². The number of aliphatic hydroxyl groups is 1. The topological polar surface area (TPSA) is 78.9 Å². The van der Waals surface area contributed by atoms with Crippen molar-refractivity contribution in [2.24, 2.45) is 5.41 Å². The van der Waals surface area contributed by atoms with Crippen LogP contribution in [0.4, 0.5) is 4.79 Å². The second kappa shape index (κ2) is 10.8. The molecule has 3 amide bonds. The first kappa shape index (κ1) is 24.8. The summed E-state index contributed by atoms with van der Waals surface area (Å²) < 4.78 is 6.23. The fraction of sp³-hybridized carbons (Fsp3) is 0.481. The number of β-lactam (4-membered cyclic amide) rings is 1. The molecule has 3 rings (SSSR count). The summed E-state index contributed by atoms with van der Waals surface area (Å²) in [6, 6.07) is 15.0. The number of hydrogen-bond donors (Lipinski definition) is 2.